The summed E-state index contributed by atoms with van der Waals surface area (Å²) in [7, 11) is 0. The molecule has 1 rings (SSSR count). The fraction of sp³-hybridized carbons (Fsp3) is 0.417. The predicted molar refractivity (Wildman–Crippen MR) is 60.1 cm³/mol. The number of carbonyl (C=O) groups excluding carboxylic acids is 1. The van der Waals surface area contributed by atoms with E-state index in [1.165, 1.54) is 17.0 Å². The van der Waals surface area contributed by atoms with E-state index in [4.69, 9.17) is 4.74 Å². The first kappa shape index (κ1) is 12.5. The van der Waals surface area contributed by atoms with Gasteiger partial charge in [-0.25, -0.2) is 9.18 Å². The second kappa shape index (κ2) is 5.49. The lowest BCUT2D eigenvalue weighted by molar-refractivity contribution is 0.155. The fourth-order valence-electron chi connectivity index (χ4n) is 1.33. The van der Waals surface area contributed by atoms with Crippen LogP contribution in [0.25, 0.3) is 0 Å². The van der Waals surface area contributed by atoms with Gasteiger partial charge in [0.05, 0.1) is 0 Å². The van der Waals surface area contributed by atoms with Crippen molar-refractivity contribution in [2.75, 3.05) is 13.1 Å². The summed E-state index contributed by atoms with van der Waals surface area (Å²) in [6.45, 7) is 6.59. The van der Waals surface area contributed by atoms with Crippen molar-refractivity contribution in [3.8, 4) is 5.75 Å². The summed E-state index contributed by atoms with van der Waals surface area (Å²) in [5.41, 5.74) is 0.851. The standard InChI is InChI=1S/C12H16FNO2/c1-4-14(5-2)12(15)16-11-8-9(3)6-7-10(11)13/h6-8H,4-5H2,1-3H3. The van der Waals surface area contributed by atoms with Crippen LogP contribution < -0.4 is 4.74 Å². The van der Waals surface area contributed by atoms with Crippen molar-refractivity contribution in [3.63, 3.8) is 0 Å². The number of carbonyl (C=O) groups is 1. The highest BCUT2D eigenvalue weighted by atomic mass is 19.1. The Morgan fingerprint density at radius 3 is 2.56 bits per heavy atom. The van der Waals surface area contributed by atoms with Crippen LogP contribution in [0.4, 0.5) is 9.18 Å². The summed E-state index contributed by atoms with van der Waals surface area (Å²) in [6.07, 6.45) is -0.519. The molecule has 0 aliphatic carbocycles. The number of rotatable bonds is 3. The summed E-state index contributed by atoms with van der Waals surface area (Å²) in [5, 5.41) is 0. The van der Waals surface area contributed by atoms with Crippen molar-refractivity contribution < 1.29 is 13.9 Å². The van der Waals surface area contributed by atoms with E-state index in [1.54, 1.807) is 6.07 Å². The quantitative estimate of drug-likeness (QED) is 0.791. The average Bonchev–Trinajstić information content (AvgIpc) is 2.25. The van der Waals surface area contributed by atoms with E-state index >= 15 is 0 Å². The van der Waals surface area contributed by atoms with Crippen molar-refractivity contribution in [1.82, 2.24) is 4.90 Å². The van der Waals surface area contributed by atoms with E-state index < -0.39 is 11.9 Å². The maximum absolute atomic E-state index is 13.3. The van der Waals surface area contributed by atoms with Gasteiger partial charge in [0.1, 0.15) is 0 Å². The summed E-state index contributed by atoms with van der Waals surface area (Å²) < 4.78 is 18.3. The van der Waals surface area contributed by atoms with Crippen molar-refractivity contribution in [1.29, 1.82) is 0 Å². The molecular formula is C12H16FNO2. The smallest absolute Gasteiger partial charge is 0.407 e. The SMILES string of the molecule is CCN(CC)C(=O)Oc1cc(C)ccc1F. The Bertz CT molecular complexity index is 375. The molecule has 0 aliphatic heterocycles. The lowest BCUT2D eigenvalue weighted by Gasteiger charge is -2.18. The zero-order valence-corrected chi connectivity index (χ0v) is 9.79. The molecule has 1 aromatic carbocycles. The van der Waals surface area contributed by atoms with Crippen LogP contribution >= 0.6 is 0 Å². The number of halogens is 1. The maximum atomic E-state index is 13.3. The van der Waals surface area contributed by atoms with Crippen molar-refractivity contribution in [2.24, 2.45) is 0 Å². The molecule has 0 heterocycles. The lowest BCUT2D eigenvalue weighted by Crippen LogP contribution is -2.33. The minimum atomic E-state index is -0.522. The normalized spacial score (nSPS) is 10.0. The van der Waals surface area contributed by atoms with E-state index in [9.17, 15) is 9.18 Å². The third-order valence-corrected chi connectivity index (χ3v) is 2.31. The highest BCUT2D eigenvalue weighted by Crippen LogP contribution is 2.19. The van der Waals surface area contributed by atoms with Crippen LogP contribution in [0.2, 0.25) is 0 Å². The molecule has 0 unspecified atom stereocenters. The third-order valence-electron chi connectivity index (χ3n) is 2.31. The third kappa shape index (κ3) is 2.95. The largest absolute Gasteiger partial charge is 0.415 e. The van der Waals surface area contributed by atoms with Gasteiger partial charge in [-0.1, -0.05) is 6.07 Å². The minimum absolute atomic E-state index is 0.0168. The van der Waals surface area contributed by atoms with Gasteiger partial charge >= 0.3 is 6.09 Å². The Morgan fingerprint density at radius 2 is 2.00 bits per heavy atom. The first-order valence-electron chi connectivity index (χ1n) is 5.31. The number of hydrogen-bond acceptors (Lipinski definition) is 2. The summed E-state index contributed by atoms with van der Waals surface area (Å²) in [6, 6.07) is 4.43. The highest BCUT2D eigenvalue weighted by Gasteiger charge is 2.14. The monoisotopic (exact) mass is 225 g/mol. The van der Waals surface area contributed by atoms with E-state index in [0.29, 0.717) is 13.1 Å². The number of benzene rings is 1. The van der Waals surface area contributed by atoms with Crippen LogP contribution in [0.15, 0.2) is 18.2 Å². The first-order valence-corrected chi connectivity index (χ1v) is 5.31. The fourth-order valence-corrected chi connectivity index (χ4v) is 1.33. The molecule has 88 valence electrons. The molecule has 0 radical (unpaired) electrons. The maximum Gasteiger partial charge on any atom is 0.415 e. The second-order valence-corrected chi connectivity index (χ2v) is 3.47. The van der Waals surface area contributed by atoms with Crippen molar-refractivity contribution in [2.45, 2.75) is 20.8 Å². The highest BCUT2D eigenvalue weighted by molar-refractivity contribution is 5.70. The lowest BCUT2D eigenvalue weighted by atomic mass is 10.2. The Hall–Kier alpha value is -1.58. The van der Waals surface area contributed by atoms with Gasteiger partial charge in [-0.2, -0.15) is 0 Å². The van der Waals surface area contributed by atoms with Gasteiger partial charge in [0, 0.05) is 13.1 Å². The molecule has 0 fully saturated rings. The van der Waals surface area contributed by atoms with Crippen LogP contribution in [0, 0.1) is 12.7 Å². The molecule has 0 aliphatic rings. The molecular weight excluding hydrogens is 209 g/mol. The number of amides is 1. The first-order chi connectivity index (χ1) is 7.58. The molecule has 16 heavy (non-hydrogen) atoms. The minimum Gasteiger partial charge on any atom is -0.407 e. The van der Waals surface area contributed by atoms with Gasteiger partial charge in [0.15, 0.2) is 11.6 Å². The molecule has 0 aromatic heterocycles. The van der Waals surface area contributed by atoms with E-state index in [-0.39, 0.29) is 5.75 Å². The van der Waals surface area contributed by atoms with Crippen molar-refractivity contribution >= 4 is 6.09 Å². The van der Waals surface area contributed by atoms with Crippen molar-refractivity contribution in [3.05, 3.63) is 29.6 Å². The summed E-state index contributed by atoms with van der Waals surface area (Å²) >= 11 is 0. The van der Waals surface area contributed by atoms with Crippen LogP contribution in [-0.4, -0.2) is 24.1 Å². The van der Waals surface area contributed by atoms with E-state index in [0.717, 1.165) is 5.56 Å². The van der Waals surface area contributed by atoms with Crippen LogP contribution in [0.1, 0.15) is 19.4 Å². The second-order valence-electron chi connectivity index (χ2n) is 3.47. The van der Waals surface area contributed by atoms with Gasteiger partial charge < -0.3 is 9.64 Å². The summed E-state index contributed by atoms with van der Waals surface area (Å²) in [4.78, 5) is 13.1. The molecule has 3 nitrogen and oxygen atoms in total. The number of hydrogen-bond donors (Lipinski definition) is 0. The Morgan fingerprint density at radius 1 is 1.38 bits per heavy atom. The molecule has 0 bridgehead atoms. The number of aryl methyl sites for hydroxylation is 1. The van der Waals surface area contributed by atoms with Crippen LogP contribution in [-0.2, 0) is 0 Å². The van der Waals surface area contributed by atoms with E-state index in [1.807, 2.05) is 20.8 Å². The van der Waals surface area contributed by atoms with Crippen LogP contribution in [0.3, 0.4) is 0 Å². The zero-order valence-electron chi connectivity index (χ0n) is 9.79. The van der Waals surface area contributed by atoms with Gasteiger partial charge in [0.2, 0.25) is 0 Å². The van der Waals surface area contributed by atoms with Crippen LogP contribution in [0.5, 0.6) is 5.75 Å². The zero-order chi connectivity index (χ0) is 12.1. The van der Waals surface area contributed by atoms with Gasteiger partial charge in [-0.15, -0.1) is 0 Å². The molecule has 1 aromatic rings. The molecule has 0 saturated heterocycles. The number of nitrogens with zero attached hydrogens (tertiary/aromatic N) is 1. The molecule has 0 N–H and O–H groups in total. The topological polar surface area (TPSA) is 29.5 Å². The van der Waals surface area contributed by atoms with E-state index in [2.05, 4.69) is 0 Å². The molecule has 0 atom stereocenters. The van der Waals surface area contributed by atoms with Gasteiger partial charge in [-0.05, 0) is 38.5 Å². The molecule has 4 heteroatoms. The summed E-state index contributed by atoms with van der Waals surface area (Å²) in [5.74, 6) is -0.539. The molecule has 1 amide bonds. The number of ether oxygens (including phenoxy) is 1. The Labute approximate surface area is 94.8 Å². The Balaban J connectivity index is 2.80. The molecule has 0 spiro atoms. The van der Waals surface area contributed by atoms with Gasteiger partial charge in [0.25, 0.3) is 0 Å². The molecule has 0 saturated carbocycles. The van der Waals surface area contributed by atoms with Gasteiger partial charge in [-0.3, -0.25) is 0 Å². The average molecular weight is 225 g/mol. The Kier molecular flexibility index (Phi) is 4.28. The predicted octanol–water partition coefficient (Wildman–Crippen LogP) is 2.97.